The van der Waals surface area contributed by atoms with Crippen LogP contribution in [0.25, 0.3) is 5.65 Å². The smallest absolute Gasteiger partial charge is 0.240 e. The van der Waals surface area contributed by atoms with Gasteiger partial charge < -0.3 is 9.47 Å². The number of ether oxygens (including phenoxy) is 2. The summed E-state index contributed by atoms with van der Waals surface area (Å²) >= 11 is 0. The van der Waals surface area contributed by atoms with Gasteiger partial charge in [-0.25, -0.2) is 22.6 Å². The molecule has 0 radical (unpaired) electrons. The first-order valence-electron chi connectivity index (χ1n) is 8.45. The predicted molar refractivity (Wildman–Crippen MR) is 101 cm³/mol. The maximum atomic E-state index is 12.5. The van der Waals surface area contributed by atoms with Gasteiger partial charge in [0, 0.05) is 31.1 Å². The summed E-state index contributed by atoms with van der Waals surface area (Å²) in [5.41, 5.74) is 2.70. The van der Waals surface area contributed by atoms with Crippen molar-refractivity contribution in [2.75, 3.05) is 20.8 Å². The molecule has 0 unspecified atom stereocenters. The highest BCUT2D eigenvalue weighted by atomic mass is 32.2. The molecule has 0 amide bonds. The Labute approximate surface area is 158 Å². The molecule has 27 heavy (non-hydrogen) atoms. The monoisotopic (exact) mass is 390 g/mol. The van der Waals surface area contributed by atoms with Crippen molar-refractivity contribution in [2.24, 2.45) is 0 Å². The van der Waals surface area contributed by atoms with Crippen molar-refractivity contribution in [1.29, 1.82) is 0 Å². The number of fused-ring (bicyclic) bond motifs is 1. The first kappa shape index (κ1) is 19.1. The van der Waals surface area contributed by atoms with Gasteiger partial charge in [0.1, 0.15) is 0 Å². The topological polar surface area (TPSA) is 94.8 Å². The van der Waals surface area contributed by atoms with Crippen LogP contribution in [0.15, 0.2) is 41.6 Å². The lowest BCUT2D eigenvalue weighted by molar-refractivity contribution is 0.354. The van der Waals surface area contributed by atoms with Crippen LogP contribution in [0, 0.1) is 6.92 Å². The lowest BCUT2D eigenvalue weighted by atomic mass is 10.2. The Kier molecular flexibility index (Phi) is 5.62. The van der Waals surface area contributed by atoms with E-state index in [0.29, 0.717) is 30.9 Å². The van der Waals surface area contributed by atoms with Gasteiger partial charge in [0.25, 0.3) is 0 Å². The van der Waals surface area contributed by atoms with E-state index < -0.39 is 10.0 Å². The fraction of sp³-hybridized carbons (Fsp3) is 0.333. The molecular weight excluding hydrogens is 368 g/mol. The minimum Gasteiger partial charge on any atom is -0.493 e. The van der Waals surface area contributed by atoms with Crippen molar-refractivity contribution >= 4 is 15.7 Å². The molecule has 0 bridgehead atoms. The van der Waals surface area contributed by atoms with Gasteiger partial charge in [-0.1, -0.05) is 0 Å². The zero-order chi connectivity index (χ0) is 19.4. The molecule has 0 spiro atoms. The molecule has 0 atom stereocenters. The first-order chi connectivity index (χ1) is 12.9. The molecule has 0 aliphatic carbocycles. The van der Waals surface area contributed by atoms with Crippen molar-refractivity contribution in [3.63, 3.8) is 0 Å². The van der Waals surface area contributed by atoms with E-state index in [-0.39, 0.29) is 4.90 Å². The highest BCUT2D eigenvalue weighted by molar-refractivity contribution is 7.89. The SMILES string of the molecule is COc1ccc(S(=O)(=O)NCCCc2cnc3cc(C)nn3c2)cc1OC. The number of hydrogen-bond donors (Lipinski definition) is 1. The molecular formula is C18H22N4O4S. The Morgan fingerprint density at radius 2 is 1.93 bits per heavy atom. The fourth-order valence-electron chi connectivity index (χ4n) is 2.73. The fourth-order valence-corrected chi connectivity index (χ4v) is 3.82. The molecule has 8 nitrogen and oxygen atoms in total. The number of methoxy groups -OCH3 is 2. The number of sulfonamides is 1. The van der Waals surface area contributed by atoms with Gasteiger partial charge in [-0.05, 0) is 37.5 Å². The molecule has 144 valence electrons. The lowest BCUT2D eigenvalue weighted by Gasteiger charge is -2.11. The van der Waals surface area contributed by atoms with Gasteiger partial charge in [0.15, 0.2) is 17.1 Å². The molecule has 9 heteroatoms. The van der Waals surface area contributed by atoms with E-state index in [1.807, 2.05) is 19.2 Å². The molecule has 3 aromatic rings. The standard InChI is InChI=1S/C18H22N4O4S/c1-13-9-18-19-11-14(12-22(18)21-13)5-4-8-20-27(23,24)15-6-7-16(25-2)17(10-15)26-3/h6-7,9-12,20H,4-5,8H2,1-3H3. The quantitative estimate of drug-likeness (QED) is 0.591. The summed E-state index contributed by atoms with van der Waals surface area (Å²) in [6, 6.07) is 6.40. The lowest BCUT2D eigenvalue weighted by Crippen LogP contribution is -2.25. The minimum absolute atomic E-state index is 0.134. The van der Waals surface area contributed by atoms with Crippen LogP contribution in [0.1, 0.15) is 17.7 Å². The van der Waals surface area contributed by atoms with Gasteiger partial charge in [-0.15, -0.1) is 0 Å². The number of aryl methyl sites for hydroxylation is 2. The number of nitrogens with zero attached hydrogens (tertiary/aromatic N) is 3. The molecule has 0 saturated heterocycles. The minimum atomic E-state index is -3.62. The summed E-state index contributed by atoms with van der Waals surface area (Å²) in [6.07, 6.45) is 5.04. The van der Waals surface area contributed by atoms with E-state index >= 15 is 0 Å². The second-order valence-electron chi connectivity index (χ2n) is 6.07. The van der Waals surface area contributed by atoms with Crippen LogP contribution >= 0.6 is 0 Å². The maximum absolute atomic E-state index is 12.5. The van der Waals surface area contributed by atoms with Crippen LogP contribution in [0.2, 0.25) is 0 Å². The summed E-state index contributed by atoms with van der Waals surface area (Å²) in [7, 11) is -0.655. The van der Waals surface area contributed by atoms with E-state index in [2.05, 4.69) is 14.8 Å². The van der Waals surface area contributed by atoms with Crippen molar-refractivity contribution in [2.45, 2.75) is 24.7 Å². The van der Waals surface area contributed by atoms with Gasteiger partial charge in [-0.2, -0.15) is 5.10 Å². The van der Waals surface area contributed by atoms with Crippen molar-refractivity contribution in [3.8, 4) is 11.5 Å². The second kappa shape index (κ2) is 7.93. The molecule has 2 aromatic heterocycles. The molecule has 2 heterocycles. The van der Waals surface area contributed by atoms with Crippen LogP contribution in [0.3, 0.4) is 0 Å². The Morgan fingerprint density at radius 3 is 2.67 bits per heavy atom. The van der Waals surface area contributed by atoms with Crippen LogP contribution in [0.4, 0.5) is 0 Å². The van der Waals surface area contributed by atoms with Gasteiger partial charge in [0.05, 0.1) is 24.8 Å². The van der Waals surface area contributed by atoms with E-state index in [1.165, 1.54) is 26.4 Å². The number of nitrogens with one attached hydrogen (secondary N) is 1. The molecule has 1 aromatic carbocycles. The van der Waals surface area contributed by atoms with E-state index in [0.717, 1.165) is 16.9 Å². The van der Waals surface area contributed by atoms with Crippen LogP contribution in [0.5, 0.6) is 11.5 Å². The average molecular weight is 390 g/mol. The van der Waals surface area contributed by atoms with Gasteiger partial charge >= 0.3 is 0 Å². The molecule has 0 saturated carbocycles. The summed E-state index contributed by atoms with van der Waals surface area (Å²) in [6.45, 7) is 2.23. The third kappa shape index (κ3) is 4.37. The Balaban J connectivity index is 1.60. The van der Waals surface area contributed by atoms with Crippen LogP contribution in [-0.4, -0.2) is 43.8 Å². The van der Waals surface area contributed by atoms with Crippen molar-refractivity contribution < 1.29 is 17.9 Å². The maximum Gasteiger partial charge on any atom is 0.240 e. The Morgan fingerprint density at radius 1 is 1.15 bits per heavy atom. The number of benzene rings is 1. The normalized spacial score (nSPS) is 11.7. The third-order valence-corrected chi connectivity index (χ3v) is 5.55. The number of aromatic nitrogens is 3. The number of rotatable bonds is 8. The molecule has 0 aliphatic heterocycles. The zero-order valence-electron chi connectivity index (χ0n) is 15.5. The molecule has 0 fully saturated rings. The van der Waals surface area contributed by atoms with Crippen LogP contribution in [-0.2, 0) is 16.4 Å². The Hall–Kier alpha value is -2.65. The van der Waals surface area contributed by atoms with E-state index in [1.54, 1.807) is 16.8 Å². The van der Waals surface area contributed by atoms with Crippen molar-refractivity contribution in [1.82, 2.24) is 19.3 Å². The number of hydrogen-bond acceptors (Lipinski definition) is 6. The third-order valence-electron chi connectivity index (χ3n) is 4.09. The average Bonchev–Trinajstić information content (AvgIpc) is 3.03. The van der Waals surface area contributed by atoms with Crippen molar-refractivity contribution in [3.05, 3.63) is 47.9 Å². The highest BCUT2D eigenvalue weighted by Crippen LogP contribution is 2.29. The first-order valence-corrected chi connectivity index (χ1v) is 9.94. The summed E-state index contributed by atoms with van der Waals surface area (Å²) < 4.78 is 39.5. The summed E-state index contributed by atoms with van der Waals surface area (Å²) in [4.78, 5) is 4.48. The largest absolute Gasteiger partial charge is 0.493 e. The van der Waals surface area contributed by atoms with E-state index in [9.17, 15) is 8.42 Å². The van der Waals surface area contributed by atoms with Gasteiger partial charge in [0.2, 0.25) is 10.0 Å². The highest BCUT2D eigenvalue weighted by Gasteiger charge is 2.16. The molecule has 0 aliphatic rings. The summed E-state index contributed by atoms with van der Waals surface area (Å²) in [5, 5.41) is 4.33. The molecule has 1 N–H and O–H groups in total. The molecule has 3 rings (SSSR count). The predicted octanol–water partition coefficient (Wildman–Crippen LogP) is 1.97. The van der Waals surface area contributed by atoms with Gasteiger partial charge in [-0.3, -0.25) is 0 Å². The Bertz CT molecular complexity index is 1050. The summed E-state index contributed by atoms with van der Waals surface area (Å²) in [5.74, 6) is 0.850. The zero-order valence-corrected chi connectivity index (χ0v) is 16.3. The van der Waals surface area contributed by atoms with Crippen LogP contribution < -0.4 is 14.2 Å². The second-order valence-corrected chi connectivity index (χ2v) is 7.84. The van der Waals surface area contributed by atoms with E-state index in [4.69, 9.17) is 9.47 Å².